The van der Waals surface area contributed by atoms with Crippen molar-refractivity contribution in [1.82, 2.24) is 19.5 Å². The van der Waals surface area contributed by atoms with E-state index in [2.05, 4.69) is 102 Å². The van der Waals surface area contributed by atoms with E-state index in [9.17, 15) is 0 Å². The molecule has 0 unspecified atom stereocenters. The first kappa shape index (κ1) is 26.3. The Balaban J connectivity index is 1.28. The van der Waals surface area contributed by atoms with E-state index < -0.39 is 0 Å². The zero-order chi connectivity index (χ0) is 32.1. The van der Waals surface area contributed by atoms with Crippen molar-refractivity contribution in [2.45, 2.75) is 0 Å². The molecule has 6 nitrogen and oxygen atoms in total. The van der Waals surface area contributed by atoms with Gasteiger partial charge in [-0.15, -0.1) is 0 Å². The molecule has 0 amide bonds. The Hall–Kier alpha value is -6.79. The maximum absolute atomic E-state index is 6.57. The average molecular weight is 629 g/mol. The van der Waals surface area contributed by atoms with Crippen LogP contribution in [0.3, 0.4) is 0 Å². The van der Waals surface area contributed by atoms with E-state index in [-0.39, 0.29) is 0 Å². The van der Waals surface area contributed by atoms with Crippen molar-refractivity contribution in [1.29, 1.82) is 0 Å². The lowest BCUT2D eigenvalue weighted by atomic mass is 10.0. The third-order valence-corrected chi connectivity index (χ3v) is 9.68. The summed E-state index contributed by atoms with van der Waals surface area (Å²) >= 11 is 0. The second-order valence-electron chi connectivity index (χ2n) is 12.4. The highest BCUT2D eigenvalue weighted by Gasteiger charge is 2.22. The molecule has 6 heteroatoms. The minimum Gasteiger partial charge on any atom is -0.456 e. The highest BCUT2D eigenvalue weighted by Crippen LogP contribution is 2.41. The van der Waals surface area contributed by atoms with Gasteiger partial charge >= 0.3 is 0 Å². The Morgan fingerprint density at radius 3 is 1.69 bits per heavy atom. The van der Waals surface area contributed by atoms with Gasteiger partial charge in [0, 0.05) is 48.8 Å². The van der Waals surface area contributed by atoms with E-state index in [1.165, 1.54) is 0 Å². The Kier molecular flexibility index (Phi) is 5.29. The minimum absolute atomic E-state index is 0.538. The summed E-state index contributed by atoms with van der Waals surface area (Å²) in [5.74, 6) is 1.66. The van der Waals surface area contributed by atoms with Gasteiger partial charge < -0.3 is 8.83 Å². The van der Waals surface area contributed by atoms with Gasteiger partial charge in [0.2, 0.25) is 5.95 Å². The van der Waals surface area contributed by atoms with Gasteiger partial charge in [-0.1, -0.05) is 109 Å². The van der Waals surface area contributed by atoms with Gasteiger partial charge in [-0.3, -0.25) is 4.57 Å². The standard InChI is InChI=1S/C43H24N4O2/c1-5-18-33-26(12-1)27-13-2-6-19-34(27)47(33)43-45-41(44-42(46-43)32-17-10-22-37-39(32)30-15-4-8-21-36(30)48-37)31-16-9-11-25-23-24-29-28-14-3-7-20-35(28)49-40(29)38(25)31/h1-24H. The zero-order valence-corrected chi connectivity index (χ0v) is 26.0. The summed E-state index contributed by atoms with van der Waals surface area (Å²) in [7, 11) is 0. The highest BCUT2D eigenvalue weighted by atomic mass is 16.3. The molecule has 0 radical (unpaired) electrons. The number of para-hydroxylation sites is 4. The van der Waals surface area contributed by atoms with Crippen LogP contribution in [0.1, 0.15) is 0 Å². The van der Waals surface area contributed by atoms with E-state index in [4.69, 9.17) is 23.8 Å². The number of furan rings is 2. The largest absolute Gasteiger partial charge is 0.456 e. The Labute approximate surface area is 278 Å². The van der Waals surface area contributed by atoms with Crippen molar-refractivity contribution in [3.63, 3.8) is 0 Å². The second-order valence-corrected chi connectivity index (χ2v) is 12.4. The van der Waals surface area contributed by atoms with Gasteiger partial charge in [-0.25, -0.2) is 4.98 Å². The third kappa shape index (κ3) is 3.74. The fourth-order valence-electron chi connectivity index (χ4n) is 7.54. The van der Waals surface area contributed by atoms with Crippen LogP contribution < -0.4 is 0 Å². The van der Waals surface area contributed by atoms with Crippen LogP contribution >= 0.6 is 0 Å². The number of rotatable bonds is 3. The number of benzene rings is 7. The van der Waals surface area contributed by atoms with Crippen molar-refractivity contribution in [2.24, 2.45) is 0 Å². The topological polar surface area (TPSA) is 69.9 Å². The van der Waals surface area contributed by atoms with Crippen molar-refractivity contribution in [3.8, 4) is 28.7 Å². The van der Waals surface area contributed by atoms with Crippen molar-refractivity contribution >= 4 is 76.5 Å². The smallest absolute Gasteiger partial charge is 0.238 e. The fraction of sp³-hybridized carbons (Fsp3) is 0. The highest BCUT2D eigenvalue weighted by molar-refractivity contribution is 6.19. The molecule has 4 heterocycles. The summed E-state index contributed by atoms with van der Waals surface area (Å²) < 4.78 is 15.0. The lowest BCUT2D eigenvalue weighted by molar-refractivity contribution is 0.669. The molecule has 7 aromatic carbocycles. The number of fused-ring (bicyclic) bond motifs is 11. The van der Waals surface area contributed by atoms with Crippen molar-refractivity contribution < 1.29 is 8.83 Å². The molecule has 0 fully saturated rings. The van der Waals surface area contributed by atoms with E-state index in [1.807, 2.05) is 48.5 Å². The lowest BCUT2D eigenvalue weighted by Gasteiger charge is -2.12. The van der Waals surface area contributed by atoms with Crippen LogP contribution in [0.25, 0.3) is 105 Å². The first-order valence-corrected chi connectivity index (χ1v) is 16.3. The molecule has 49 heavy (non-hydrogen) atoms. The first-order chi connectivity index (χ1) is 24.3. The van der Waals surface area contributed by atoms with Crippen LogP contribution in [0.15, 0.2) is 154 Å². The van der Waals surface area contributed by atoms with Gasteiger partial charge in [0.25, 0.3) is 0 Å². The van der Waals surface area contributed by atoms with Gasteiger partial charge in [0.05, 0.1) is 11.0 Å². The molecule has 0 saturated carbocycles. The van der Waals surface area contributed by atoms with Gasteiger partial charge in [-0.2, -0.15) is 9.97 Å². The molecule has 228 valence electrons. The number of hydrogen-bond donors (Lipinski definition) is 0. The molecule has 0 aliphatic carbocycles. The lowest BCUT2D eigenvalue weighted by Crippen LogP contribution is -2.06. The van der Waals surface area contributed by atoms with Gasteiger partial charge in [-0.05, 0) is 41.8 Å². The van der Waals surface area contributed by atoms with Crippen LogP contribution in [0.4, 0.5) is 0 Å². The van der Waals surface area contributed by atoms with Crippen LogP contribution in [0.5, 0.6) is 0 Å². The van der Waals surface area contributed by atoms with E-state index in [0.717, 1.165) is 87.6 Å². The molecule has 0 saturated heterocycles. The molecular weight excluding hydrogens is 604 g/mol. The second kappa shape index (κ2) is 9.86. The molecule has 0 atom stereocenters. The zero-order valence-electron chi connectivity index (χ0n) is 26.0. The number of hydrogen-bond acceptors (Lipinski definition) is 5. The minimum atomic E-state index is 0.538. The first-order valence-electron chi connectivity index (χ1n) is 16.3. The maximum atomic E-state index is 6.57. The normalized spacial score (nSPS) is 12.1. The quantitative estimate of drug-likeness (QED) is 0.195. The molecular formula is C43H24N4O2. The summed E-state index contributed by atoms with van der Waals surface area (Å²) in [5.41, 5.74) is 7.07. The number of nitrogens with zero attached hydrogens (tertiary/aromatic N) is 4. The van der Waals surface area contributed by atoms with Crippen molar-refractivity contribution in [3.05, 3.63) is 146 Å². The summed E-state index contributed by atoms with van der Waals surface area (Å²) in [6.07, 6.45) is 0. The molecule has 11 aromatic rings. The van der Waals surface area contributed by atoms with E-state index >= 15 is 0 Å². The summed E-state index contributed by atoms with van der Waals surface area (Å²) in [6, 6.07) is 49.7. The molecule has 0 bridgehead atoms. The predicted molar refractivity (Wildman–Crippen MR) is 197 cm³/mol. The average Bonchev–Trinajstić information content (AvgIpc) is 3.84. The molecule has 0 N–H and O–H groups in total. The Morgan fingerprint density at radius 2 is 0.959 bits per heavy atom. The van der Waals surface area contributed by atoms with Crippen molar-refractivity contribution in [2.75, 3.05) is 0 Å². The summed E-state index contributed by atoms with van der Waals surface area (Å²) in [6.45, 7) is 0. The van der Waals surface area contributed by atoms with E-state index in [0.29, 0.717) is 17.6 Å². The van der Waals surface area contributed by atoms with Crippen LogP contribution in [0, 0.1) is 0 Å². The molecule has 0 aliphatic heterocycles. The van der Waals surface area contributed by atoms with Crippen LogP contribution in [-0.2, 0) is 0 Å². The number of aromatic nitrogens is 4. The molecule has 0 spiro atoms. The maximum Gasteiger partial charge on any atom is 0.238 e. The van der Waals surface area contributed by atoms with Gasteiger partial charge in [0.15, 0.2) is 11.6 Å². The summed E-state index contributed by atoms with van der Waals surface area (Å²) in [5, 5.41) is 8.42. The van der Waals surface area contributed by atoms with Crippen LogP contribution in [0.2, 0.25) is 0 Å². The Morgan fingerprint density at radius 1 is 0.388 bits per heavy atom. The summed E-state index contributed by atoms with van der Waals surface area (Å²) in [4.78, 5) is 15.8. The Bertz CT molecular complexity index is 3080. The van der Waals surface area contributed by atoms with E-state index in [1.54, 1.807) is 0 Å². The SMILES string of the molecule is c1cc(-c2nc(-c3cccc4oc5ccccc5c34)nc(-n3c4ccccc4c4ccccc43)n2)c2c(c1)ccc1c3ccccc3oc12. The monoisotopic (exact) mass is 628 g/mol. The van der Waals surface area contributed by atoms with Crippen LogP contribution in [-0.4, -0.2) is 19.5 Å². The molecule has 4 aromatic heterocycles. The third-order valence-electron chi connectivity index (χ3n) is 9.68. The van der Waals surface area contributed by atoms with Gasteiger partial charge in [0.1, 0.15) is 22.3 Å². The molecule has 0 aliphatic rings. The fourth-order valence-corrected chi connectivity index (χ4v) is 7.54. The molecule has 11 rings (SSSR count). The predicted octanol–water partition coefficient (Wildman–Crippen LogP) is 11.3.